The first-order valence-electron chi connectivity index (χ1n) is 8.22. The van der Waals surface area contributed by atoms with Gasteiger partial charge in [-0.3, -0.25) is 4.79 Å². The first-order valence-corrected chi connectivity index (χ1v) is 8.22. The molecule has 3 fully saturated rings. The maximum atomic E-state index is 12.0. The lowest BCUT2D eigenvalue weighted by Gasteiger charge is -2.28. The largest absolute Gasteiger partial charge is 0.353 e. The molecule has 0 aromatic carbocycles. The number of fused-ring (bicyclic) bond motifs is 2. The molecule has 3 nitrogen and oxygen atoms in total. The van der Waals surface area contributed by atoms with Crippen molar-refractivity contribution in [3.63, 3.8) is 0 Å². The Hall–Kier alpha value is -0.570. The van der Waals surface area contributed by atoms with Crippen molar-refractivity contribution < 1.29 is 4.79 Å². The van der Waals surface area contributed by atoms with Crippen LogP contribution in [-0.2, 0) is 4.79 Å². The fourth-order valence-corrected chi connectivity index (χ4v) is 4.64. The molecule has 3 rings (SSSR count). The Balaban J connectivity index is 1.39. The van der Waals surface area contributed by atoms with Gasteiger partial charge in [-0.1, -0.05) is 6.42 Å². The maximum absolute atomic E-state index is 12.0. The summed E-state index contributed by atoms with van der Waals surface area (Å²) >= 11 is 0. The molecular weight excluding hydrogens is 236 g/mol. The molecule has 5 atom stereocenters. The molecule has 0 aromatic heterocycles. The summed E-state index contributed by atoms with van der Waals surface area (Å²) in [6.07, 6.45) is 8.66. The van der Waals surface area contributed by atoms with Gasteiger partial charge in [0.05, 0.1) is 0 Å². The highest BCUT2D eigenvalue weighted by Gasteiger charge is 2.42. The molecule has 1 heterocycles. The number of hydrogen-bond acceptors (Lipinski definition) is 2. The number of amides is 1. The fraction of sp³-hybridized carbons (Fsp3) is 0.938. The van der Waals surface area contributed by atoms with Crippen LogP contribution < -0.4 is 10.6 Å². The number of carbonyl (C=O) groups excluding carboxylic acids is 1. The highest BCUT2D eigenvalue weighted by atomic mass is 16.1. The maximum Gasteiger partial charge on any atom is 0.220 e. The summed E-state index contributed by atoms with van der Waals surface area (Å²) in [5.41, 5.74) is 0. The zero-order valence-corrected chi connectivity index (χ0v) is 12.2. The van der Waals surface area contributed by atoms with Gasteiger partial charge in [-0.15, -0.1) is 0 Å². The van der Waals surface area contributed by atoms with Crippen LogP contribution in [0.1, 0.15) is 51.9 Å². The average molecular weight is 264 g/mol. The van der Waals surface area contributed by atoms with Crippen LogP contribution in [0.4, 0.5) is 0 Å². The Kier molecular flexibility index (Phi) is 4.11. The van der Waals surface area contributed by atoms with E-state index in [1.807, 2.05) is 0 Å². The van der Waals surface area contributed by atoms with Gasteiger partial charge < -0.3 is 10.6 Å². The van der Waals surface area contributed by atoms with Crippen molar-refractivity contribution in [2.24, 2.45) is 23.7 Å². The van der Waals surface area contributed by atoms with E-state index in [0.717, 1.165) is 49.6 Å². The molecule has 0 radical (unpaired) electrons. The van der Waals surface area contributed by atoms with Crippen LogP contribution >= 0.6 is 0 Å². The Labute approximate surface area is 116 Å². The predicted molar refractivity (Wildman–Crippen MR) is 76.8 cm³/mol. The van der Waals surface area contributed by atoms with E-state index >= 15 is 0 Å². The topological polar surface area (TPSA) is 41.1 Å². The van der Waals surface area contributed by atoms with E-state index in [0.29, 0.717) is 6.04 Å². The van der Waals surface area contributed by atoms with E-state index in [9.17, 15) is 4.79 Å². The summed E-state index contributed by atoms with van der Waals surface area (Å²) in [4.78, 5) is 12.0. The van der Waals surface area contributed by atoms with Crippen molar-refractivity contribution >= 4 is 5.91 Å². The smallest absolute Gasteiger partial charge is 0.220 e. The minimum atomic E-state index is 0.280. The van der Waals surface area contributed by atoms with Gasteiger partial charge in [0.1, 0.15) is 0 Å². The second kappa shape index (κ2) is 5.82. The fourth-order valence-electron chi connectivity index (χ4n) is 4.64. The van der Waals surface area contributed by atoms with Crippen molar-refractivity contribution in [3.05, 3.63) is 0 Å². The van der Waals surface area contributed by atoms with Crippen LogP contribution in [0.25, 0.3) is 0 Å². The van der Waals surface area contributed by atoms with Gasteiger partial charge in [0.2, 0.25) is 5.91 Å². The lowest BCUT2D eigenvalue weighted by Crippen LogP contribution is -2.40. The lowest BCUT2D eigenvalue weighted by molar-refractivity contribution is -0.122. The Morgan fingerprint density at radius 2 is 2.21 bits per heavy atom. The number of rotatable bonds is 5. The monoisotopic (exact) mass is 264 g/mol. The van der Waals surface area contributed by atoms with Gasteiger partial charge >= 0.3 is 0 Å². The molecule has 19 heavy (non-hydrogen) atoms. The van der Waals surface area contributed by atoms with Crippen LogP contribution in [-0.4, -0.2) is 25.0 Å². The van der Waals surface area contributed by atoms with E-state index in [-0.39, 0.29) is 5.91 Å². The van der Waals surface area contributed by atoms with E-state index in [4.69, 9.17) is 0 Å². The Morgan fingerprint density at radius 1 is 1.32 bits per heavy atom. The molecule has 2 bridgehead atoms. The summed E-state index contributed by atoms with van der Waals surface area (Å²) < 4.78 is 0. The number of hydrogen-bond donors (Lipinski definition) is 2. The highest BCUT2D eigenvalue weighted by Crippen LogP contribution is 2.49. The zero-order valence-electron chi connectivity index (χ0n) is 12.2. The minimum Gasteiger partial charge on any atom is -0.353 e. The van der Waals surface area contributed by atoms with Gasteiger partial charge in [-0.25, -0.2) is 0 Å². The molecule has 2 saturated carbocycles. The first kappa shape index (κ1) is 13.4. The second-order valence-corrected chi connectivity index (χ2v) is 7.09. The third kappa shape index (κ3) is 3.13. The minimum absolute atomic E-state index is 0.280. The summed E-state index contributed by atoms with van der Waals surface area (Å²) in [5, 5.41) is 6.64. The van der Waals surface area contributed by atoms with Crippen LogP contribution in [0.5, 0.6) is 0 Å². The second-order valence-electron chi connectivity index (χ2n) is 7.09. The van der Waals surface area contributed by atoms with Gasteiger partial charge in [0.15, 0.2) is 0 Å². The van der Waals surface area contributed by atoms with Crippen molar-refractivity contribution in [3.8, 4) is 0 Å². The van der Waals surface area contributed by atoms with Crippen molar-refractivity contribution in [2.45, 2.75) is 57.9 Å². The first-order chi connectivity index (χ1) is 9.22. The van der Waals surface area contributed by atoms with E-state index in [1.165, 1.54) is 32.1 Å². The Morgan fingerprint density at radius 3 is 2.84 bits per heavy atom. The molecule has 1 saturated heterocycles. The molecule has 1 aliphatic heterocycles. The third-order valence-electron chi connectivity index (χ3n) is 5.77. The molecule has 0 aromatic rings. The zero-order chi connectivity index (χ0) is 13.2. The molecular formula is C16H28N2O. The Bertz CT molecular complexity index is 325. The molecule has 2 aliphatic carbocycles. The van der Waals surface area contributed by atoms with E-state index in [2.05, 4.69) is 17.6 Å². The highest BCUT2D eigenvalue weighted by molar-refractivity contribution is 5.76. The van der Waals surface area contributed by atoms with Gasteiger partial charge in [0, 0.05) is 12.5 Å². The number of carbonyl (C=O) groups is 1. The molecule has 0 spiro atoms. The predicted octanol–water partition coefficient (Wildman–Crippen LogP) is 2.32. The van der Waals surface area contributed by atoms with E-state index < -0.39 is 0 Å². The summed E-state index contributed by atoms with van der Waals surface area (Å²) in [6, 6.07) is 0.393. The normalized spacial score (nSPS) is 38.6. The lowest BCUT2D eigenvalue weighted by atomic mass is 9.84. The average Bonchev–Trinajstić information content (AvgIpc) is 3.13. The standard InChI is InChI=1S/C16H28N2O/c1-11(15-9-13-2-4-14(15)8-13)18-16(19)5-3-12-6-7-17-10-12/h11-15,17H,2-10H2,1H3,(H,18,19). The van der Waals surface area contributed by atoms with Crippen LogP contribution in [0.15, 0.2) is 0 Å². The summed E-state index contributed by atoms with van der Waals surface area (Å²) in [5.74, 6) is 3.64. The molecule has 5 unspecified atom stereocenters. The van der Waals surface area contributed by atoms with Crippen LogP contribution in [0, 0.1) is 23.7 Å². The van der Waals surface area contributed by atoms with Crippen molar-refractivity contribution in [2.75, 3.05) is 13.1 Å². The summed E-state index contributed by atoms with van der Waals surface area (Å²) in [6.45, 7) is 4.46. The van der Waals surface area contributed by atoms with Gasteiger partial charge in [0.25, 0.3) is 0 Å². The van der Waals surface area contributed by atoms with E-state index in [1.54, 1.807) is 0 Å². The quantitative estimate of drug-likeness (QED) is 0.800. The van der Waals surface area contributed by atoms with Gasteiger partial charge in [-0.05, 0) is 75.8 Å². The van der Waals surface area contributed by atoms with Gasteiger partial charge in [-0.2, -0.15) is 0 Å². The summed E-state index contributed by atoms with van der Waals surface area (Å²) in [7, 11) is 0. The van der Waals surface area contributed by atoms with Crippen LogP contribution in [0.2, 0.25) is 0 Å². The SMILES string of the molecule is CC(NC(=O)CCC1CCNC1)C1CC2CCC1C2. The molecule has 3 heteroatoms. The van der Waals surface area contributed by atoms with Crippen molar-refractivity contribution in [1.29, 1.82) is 0 Å². The number of nitrogens with one attached hydrogen (secondary N) is 2. The van der Waals surface area contributed by atoms with Crippen molar-refractivity contribution in [1.82, 2.24) is 10.6 Å². The molecule has 3 aliphatic rings. The third-order valence-corrected chi connectivity index (χ3v) is 5.77. The van der Waals surface area contributed by atoms with Crippen LogP contribution in [0.3, 0.4) is 0 Å². The molecule has 1 amide bonds. The molecule has 108 valence electrons. The molecule has 2 N–H and O–H groups in total.